The van der Waals surface area contributed by atoms with Crippen molar-refractivity contribution in [1.29, 1.82) is 0 Å². The van der Waals surface area contributed by atoms with Crippen LogP contribution in [0.4, 0.5) is 19.1 Å². The van der Waals surface area contributed by atoms with Crippen LogP contribution in [0.25, 0.3) is 11.4 Å². The summed E-state index contributed by atoms with van der Waals surface area (Å²) in [6.07, 6.45) is -2.73. The number of rotatable bonds is 2. The molecule has 0 unspecified atom stereocenters. The molecule has 20 heavy (non-hydrogen) atoms. The van der Waals surface area contributed by atoms with Crippen molar-refractivity contribution < 1.29 is 13.2 Å². The molecule has 0 spiro atoms. The fourth-order valence-corrected chi connectivity index (χ4v) is 2.31. The number of nitrogens with zero attached hydrogens (tertiary/aromatic N) is 3. The Hall–Kier alpha value is -1.35. The number of thioether (sulfide) groups is 1. The van der Waals surface area contributed by atoms with Crippen molar-refractivity contribution in [2.45, 2.75) is 11.3 Å². The van der Waals surface area contributed by atoms with E-state index in [1.54, 1.807) is 6.26 Å². The molecule has 9 heteroatoms. The molecule has 0 fully saturated rings. The lowest BCUT2D eigenvalue weighted by Gasteiger charge is -2.11. The fourth-order valence-electron chi connectivity index (χ4n) is 1.47. The van der Waals surface area contributed by atoms with Crippen LogP contribution in [0.1, 0.15) is 5.56 Å². The van der Waals surface area contributed by atoms with Crippen molar-refractivity contribution in [3.63, 3.8) is 0 Å². The van der Waals surface area contributed by atoms with Crippen LogP contribution >= 0.6 is 27.7 Å². The first-order valence-corrected chi connectivity index (χ1v) is 7.25. The van der Waals surface area contributed by atoms with Gasteiger partial charge in [-0.3, -0.25) is 0 Å². The highest BCUT2D eigenvalue weighted by molar-refractivity contribution is 9.10. The van der Waals surface area contributed by atoms with Crippen molar-refractivity contribution in [2.75, 3.05) is 12.0 Å². The molecule has 0 amide bonds. The van der Waals surface area contributed by atoms with Gasteiger partial charge in [-0.2, -0.15) is 23.1 Å². The quantitative estimate of drug-likeness (QED) is 0.824. The summed E-state index contributed by atoms with van der Waals surface area (Å²) in [5, 5.41) is 0.351. The van der Waals surface area contributed by atoms with Crippen LogP contribution < -0.4 is 5.73 Å². The molecule has 1 aromatic carbocycles. The Kier molecular flexibility index (Phi) is 4.19. The van der Waals surface area contributed by atoms with Crippen molar-refractivity contribution in [3.8, 4) is 11.4 Å². The monoisotopic (exact) mass is 364 g/mol. The standard InChI is InChI=1S/C11H8BrF3N4S/c1-20-10-18-8(17-9(16)19-10)5-2-3-7(12)6(4-5)11(13,14)15/h2-4H,1H3,(H2,16,17,18,19). The molecule has 4 nitrogen and oxygen atoms in total. The Morgan fingerprint density at radius 1 is 1.20 bits per heavy atom. The maximum atomic E-state index is 12.9. The maximum Gasteiger partial charge on any atom is 0.417 e. The highest BCUT2D eigenvalue weighted by Gasteiger charge is 2.33. The first kappa shape index (κ1) is 15.0. The minimum Gasteiger partial charge on any atom is -0.368 e. The van der Waals surface area contributed by atoms with E-state index < -0.39 is 11.7 Å². The smallest absolute Gasteiger partial charge is 0.368 e. The highest BCUT2D eigenvalue weighted by Crippen LogP contribution is 2.36. The second kappa shape index (κ2) is 5.57. The van der Waals surface area contributed by atoms with Crippen LogP contribution in [0.5, 0.6) is 0 Å². The molecule has 0 saturated heterocycles. The molecule has 1 aromatic heterocycles. The molecule has 0 aliphatic rings. The number of nitrogens with two attached hydrogens (primary N) is 1. The van der Waals surface area contributed by atoms with Crippen LogP contribution in [-0.2, 0) is 6.18 Å². The summed E-state index contributed by atoms with van der Waals surface area (Å²) in [6, 6.07) is 3.76. The van der Waals surface area contributed by atoms with Gasteiger partial charge in [0.1, 0.15) is 0 Å². The number of anilines is 1. The van der Waals surface area contributed by atoms with Crippen LogP contribution in [0.15, 0.2) is 27.8 Å². The van der Waals surface area contributed by atoms with Gasteiger partial charge in [0.2, 0.25) is 5.95 Å². The summed E-state index contributed by atoms with van der Waals surface area (Å²) in [4.78, 5) is 11.8. The van der Waals surface area contributed by atoms with Gasteiger partial charge >= 0.3 is 6.18 Å². The van der Waals surface area contributed by atoms with Crippen molar-refractivity contribution >= 4 is 33.6 Å². The van der Waals surface area contributed by atoms with Crippen LogP contribution in [0, 0.1) is 0 Å². The van der Waals surface area contributed by atoms with E-state index in [2.05, 4.69) is 30.9 Å². The van der Waals surface area contributed by atoms with Gasteiger partial charge < -0.3 is 5.73 Å². The predicted octanol–water partition coefficient (Wildman–Crippen LogP) is 3.62. The molecule has 2 rings (SSSR count). The second-order valence-electron chi connectivity index (χ2n) is 3.70. The fraction of sp³-hybridized carbons (Fsp3) is 0.182. The number of nitrogen functional groups attached to an aromatic ring is 1. The van der Waals surface area contributed by atoms with E-state index in [1.165, 1.54) is 23.9 Å². The van der Waals surface area contributed by atoms with Gasteiger partial charge in [-0.25, -0.2) is 4.98 Å². The summed E-state index contributed by atoms with van der Waals surface area (Å²) >= 11 is 4.11. The van der Waals surface area contributed by atoms with E-state index in [0.29, 0.717) is 5.16 Å². The maximum absolute atomic E-state index is 12.9. The first-order chi connectivity index (χ1) is 9.31. The second-order valence-corrected chi connectivity index (χ2v) is 5.32. The van der Waals surface area contributed by atoms with E-state index in [0.717, 1.165) is 6.07 Å². The summed E-state index contributed by atoms with van der Waals surface area (Å²) in [5.41, 5.74) is 4.95. The number of alkyl halides is 3. The molecular formula is C11H8BrF3N4S. The zero-order chi connectivity index (χ0) is 14.9. The van der Waals surface area contributed by atoms with Gasteiger partial charge in [0.05, 0.1) is 5.56 Å². The summed E-state index contributed by atoms with van der Waals surface area (Å²) < 4.78 is 38.5. The van der Waals surface area contributed by atoms with Crippen LogP contribution in [-0.4, -0.2) is 21.2 Å². The Morgan fingerprint density at radius 3 is 2.50 bits per heavy atom. The Labute approximate surface area is 125 Å². The molecule has 0 atom stereocenters. The van der Waals surface area contributed by atoms with Gasteiger partial charge in [0.25, 0.3) is 0 Å². The minimum absolute atomic E-state index is 0.0316. The molecule has 0 aliphatic carbocycles. The zero-order valence-electron chi connectivity index (χ0n) is 10.1. The lowest BCUT2D eigenvalue weighted by atomic mass is 10.1. The molecule has 106 valence electrons. The largest absolute Gasteiger partial charge is 0.417 e. The molecule has 0 saturated carbocycles. The topological polar surface area (TPSA) is 64.7 Å². The molecule has 2 N–H and O–H groups in total. The van der Waals surface area contributed by atoms with E-state index >= 15 is 0 Å². The van der Waals surface area contributed by atoms with E-state index in [-0.39, 0.29) is 21.8 Å². The third-order valence-electron chi connectivity index (χ3n) is 2.34. The third kappa shape index (κ3) is 3.21. The lowest BCUT2D eigenvalue weighted by Crippen LogP contribution is -2.07. The number of benzene rings is 1. The van der Waals surface area contributed by atoms with Gasteiger partial charge in [-0.15, -0.1) is 0 Å². The zero-order valence-corrected chi connectivity index (χ0v) is 12.5. The number of hydrogen-bond donors (Lipinski definition) is 1. The molecule has 0 bridgehead atoms. The van der Waals surface area contributed by atoms with Crippen molar-refractivity contribution in [1.82, 2.24) is 15.0 Å². The van der Waals surface area contributed by atoms with Gasteiger partial charge in [0, 0.05) is 10.0 Å². The first-order valence-electron chi connectivity index (χ1n) is 5.24. The highest BCUT2D eigenvalue weighted by atomic mass is 79.9. The average Bonchev–Trinajstić information content (AvgIpc) is 2.37. The summed E-state index contributed by atoms with van der Waals surface area (Å²) in [6.45, 7) is 0. The Balaban J connectivity index is 2.56. The van der Waals surface area contributed by atoms with Crippen molar-refractivity contribution in [2.24, 2.45) is 0 Å². The van der Waals surface area contributed by atoms with E-state index in [9.17, 15) is 13.2 Å². The van der Waals surface area contributed by atoms with Gasteiger partial charge in [-0.05, 0) is 18.4 Å². The third-order valence-corrected chi connectivity index (χ3v) is 3.58. The SMILES string of the molecule is CSc1nc(N)nc(-c2ccc(Br)c(C(F)(F)F)c2)n1. The van der Waals surface area contributed by atoms with Crippen LogP contribution in [0.3, 0.4) is 0 Å². The number of aromatic nitrogens is 3. The van der Waals surface area contributed by atoms with E-state index in [4.69, 9.17) is 5.73 Å². The minimum atomic E-state index is -4.46. The summed E-state index contributed by atoms with van der Waals surface area (Å²) in [7, 11) is 0. The Bertz CT molecular complexity index is 648. The van der Waals surface area contributed by atoms with Crippen LogP contribution in [0.2, 0.25) is 0 Å². The van der Waals surface area contributed by atoms with Gasteiger partial charge in [0.15, 0.2) is 11.0 Å². The van der Waals surface area contributed by atoms with Crippen molar-refractivity contribution in [3.05, 3.63) is 28.2 Å². The average molecular weight is 365 g/mol. The normalized spacial score (nSPS) is 11.7. The van der Waals surface area contributed by atoms with Gasteiger partial charge in [-0.1, -0.05) is 33.8 Å². The molecule has 0 aliphatic heterocycles. The number of halogens is 4. The number of hydrogen-bond acceptors (Lipinski definition) is 5. The molecule has 2 aromatic rings. The lowest BCUT2D eigenvalue weighted by molar-refractivity contribution is -0.138. The molecule has 1 heterocycles. The molecule has 0 radical (unpaired) electrons. The van der Waals surface area contributed by atoms with E-state index in [1.807, 2.05) is 0 Å². The Morgan fingerprint density at radius 2 is 1.90 bits per heavy atom. The summed E-state index contributed by atoms with van der Waals surface area (Å²) in [5.74, 6) is 0.0793. The predicted molar refractivity (Wildman–Crippen MR) is 74.2 cm³/mol. The molecular weight excluding hydrogens is 357 g/mol.